The van der Waals surface area contributed by atoms with E-state index in [1.807, 2.05) is 18.2 Å². The lowest BCUT2D eigenvalue weighted by Crippen LogP contribution is -2.44. The lowest BCUT2D eigenvalue weighted by molar-refractivity contribution is -0.136. The Morgan fingerprint density at radius 3 is 2.23 bits per heavy atom. The van der Waals surface area contributed by atoms with Crippen LogP contribution in [0.4, 0.5) is 0 Å². The Morgan fingerprint density at radius 2 is 1.60 bits per heavy atom. The van der Waals surface area contributed by atoms with E-state index in [2.05, 4.69) is 103 Å². The third-order valence-corrected chi connectivity index (χ3v) is 12.5. The second kappa shape index (κ2) is 20.2. The number of methoxy groups -OCH3 is 1. The van der Waals surface area contributed by atoms with E-state index in [0.29, 0.717) is 37.8 Å². The van der Waals surface area contributed by atoms with Crippen LogP contribution in [0.5, 0.6) is 0 Å². The molecule has 1 amide bonds. The molecule has 5 atom stereocenters. The van der Waals surface area contributed by atoms with Gasteiger partial charge in [-0.1, -0.05) is 73.3 Å². The summed E-state index contributed by atoms with van der Waals surface area (Å²) >= 11 is 0. The van der Waals surface area contributed by atoms with Crippen molar-refractivity contribution in [3.8, 4) is 0 Å². The zero-order chi connectivity index (χ0) is 37.8. The Bertz CT molecular complexity index is 1760. The summed E-state index contributed by atoms with van der Waals surface area (Å²) in [6, 6.07) is 21.8. The topological polar surface area (TPSA) is 75.7 Å². The normalized spacial score (nSPS) is 15.4. The number of likely N-dealkylation sites (tertiary alicyclic amines) is 1. The average molecular weight is 777 g/mol. The third kappa shape index (κ3) is 11.2. The van der Waals surface area contributed by atoms with Gasteiger partial charge in [-0.3, -0.25) is 4.79 Å². The molecule has 5 unspecified atom stereocenters. The maximum Gasteiger partial charge on any atom is 0.334 e. The highest BCUT2D eigenvalue weighted by molar-refractivity contribution is 7.35. The van der Waals surface area contributed by atoms with Crippen LogP contribution in [-0.2, 0) is 24.5 Å². The van der Waals surface area contributed by atoms with Crippen LogP contribution in [0.15, 0.2) is 84.5 Å². The molecule has 52 heavy (non-hydrogen) atoms. The molecule has 3 aromatic carbocycles. The first-order chi connectivity index (χ1) is 24.9. The Morgan fingerprint density at radius 1 is 0.904 bits per heavy atom. The highest BCUT2D eigenvalue weighted by Gasteiger charge is 2.38. The Hall–Kier alpha value is -2.57. The molecule has 0 bridgehead atoms. The second-order valence-corrected chi connectivity index (χ2v) is 16.6. The molecular formula is C42H56N2O4P4. The van der Waals surface area contributed by atoms with Gasteiger partial charge in [0.15, 0.2) is 0 Å². The van der Waals surface area contributed by atoms with Gasteiger partial charge in [-0.2, -0.15) is 0 Å². The van der Waals surface area contributed by atoms with Gasteiger partial charge in [0.05, 0.1) is 7.11 Å². The van der Waals surface area contributed by atoms with Gasteiger partial charge < -0.3 is 19.7 Å². The second-order valence-electron chi connectivity index (χ2n) is 14.0. The van der Waals surface area contributed by atoms with Crippen LogP contribution in [0.2, 0.25) is 0 Å². The van der Waals surface area contributed by atoms with E-state index >= 15 is 0 Å². The summed E-state index contributed by atoms with van der Waals surface area (Å²) in [5, 5.41) is 7.58. The summed E-state index contributed by atoms with van der Waals surface area (Å²) in [6.07, 6.45) is 6.88. The number of carbonyl (C=O) groups is 3. The minimum absolute atomic E-state index is 0.0276. The molecule has 4 rings (SSSR count). The number of hydrogen-bond acceptors (Lipinski definition) is 5. The fraction of sp³-hybridized carbons (Fsp3) is 0.405. The summed E-state index contributed by atoms with van der Waals surface area (Å²) in [7, 11) is 12.5. The average Bonchev–Trinajstić information content (AvgIpc) is 3.13. The zero-order valence-corrected chi connectivity index (χ0v) is 35.6. The van der Waals surface area contributed by atoms with Gasteiger partial charge in [0.2, 0.25) is 5.91 Å². The van der Waals surface area contributed by atoms with Crippen LogP contribution in [0.1, 0.15) is 86.5 Å². The Kier molecular flexibility index (Phi) is 16.4. The van der Waals surface area contributed by atoms with E-state index in [0.717, 1.165) is 60.6 Å². The smallest absolute Gasteiger partial charge is 0.334 e. The molecule has 0 radical (unpaired) electrons. The van der Waals surface area contributed by atoms with E-state index < -0.39 is 5.97 Å². The molecule has 6 nitrogen and oxygen atoms in total. The molecule has 0 saturated carbocycles. The molecule has 0 spiro atoms. The summed E-state index contributed by atoms with van der Waals surface area (Å²) < 4.78 is 5.27. The number of ketones is 1. The molecule has 278 valence electrons. The predicted octanol–water partition coefficient (Wildman–Crippen LogP) is 5.86. The van der Waals surface area contributed by atoms with Crippen molar-refractivity contribution in [1.82, 2.24) is 10.2 Å². The largest absolute Gasteiger partial charge is 0.466 e. The lowest BCUT2D eigenvalue weighted by Gasteiger charge is -2.44. The monoisotopic (exact) mass is 776 g/mol. The maximum absolute atomic E-state index is 13.3. The molecule has 10 heteroatoms. The third-order valence-electron chi connectivity index (χ3n) is 10.4. The molecule has 1 aliphatic heterocycles. The summed E-state index contributed by atoms with van der Waals surface area (Å²) in [6.45, 7) is 11.3. The van der Waals surface area contributed by atoms with Gasteiger partial charge in [0, 0.05) is 36.3 Å². The SMILES string of the molecule is C=C/C(CCCC(C)=O)=C(\C(=O)OC)C(CCC(=O)NCCCN1CCC(c2ccc(P)cc2)(c2cc(P)ccc2C)CC1)c1ccc(P)c(P)c1. The molecule has 1 saturated heterocycles. The van der Waals surface area contributed by atoms with Crippen molar-refractivity contribution in [2.24, 2.45) is 0 Å². The van der Waals surface area contributed by atoms with Gasteiger partial charge >= 0.3 is 5.97 Å². The number of rotatable bonds is 17. The zero-order valence-electron chi connectivity index (χ0n) is 31.0. The van der Waals surface area contributed by atoms with Gasteiger partial charge in [0.25, 0.3) is 0 Å². The fourth-order valence-corrected chi connectivity index (χ4v) is 8.42. The first kappa shape index (κ1) is 42.2. The number of nitrogens with zero attached hydrogens (tertiary/aromatic N) is 1. The van der Waals surface area contributed by atoms with Gasteiger partial charge in [-0.05, 0) is 121 Å². The van der Waals surface area contributed by atoms with Crippen LogP contribution in [0.25, 0.3) is 0 Å². The van der Waals surface area contributed by atoms with E-state index in [1.165, 1.54) is 34.4 Å². The number of hydrogen-bond donors (Lipinski definition) is 1. The highest BCUT2D eigenvalue weighted by atomic mass is 31.0. The number of piperidine rings is 1. The Balaban J connectivity index is 1.39. The van der Waals surface area contributed by atoms with Crippen LogP contribution in [0, 0.1) is 6.92 Å². The van der Waals surface area contributed by atoms with E-state index in [1.54, 1.807) is 13.0 Å². The number of ether oxygens (including phenoxy) is 1. The van der Waals surface area contributed by atoms with Crippen molar-refractivity contribution in [2.75, 3.05) is 33.3 Å². The van der Waals surface area contributed by atoms with Crippen LogP contribution < -0.4 is 26.5 Å². The lowest BCUT2D eigenvalue weighted by atomic mass is 9.67. The number of benzene rings is 3. The summed E-state index contributed by atoms with van der Waals surface area (Å²) in [5.41, 5.74) is 6.28. The van der Waals surface area contributed by atoms with E-state index in [-0.39, 0.29) is 29.4 Å². The van der Waals surface area contributed by atoms with E-state index in [4.69, 9.17) is 4.74 Å². The van der Waals surface area contributed by atoms with Crippen LogP contribution in [-0.4, -0.2) is 55.8 Å². The Labute approximate surface area is 320 Å². The van der Waals surface area contributed by atoms with Crippen molar-refractivity contribution in [3.05, 3.63) is 107 Å². The number of Topliss-reactive ketones (excluding diaryl/α,β-unsaturated/α-hetero) is 1. The van der Waals surface area contributed by atoms with Gasteiger partial charge in [0.1, 0.15) is 5.78 Å². The predicted molar refractivity (Wildman–Crippen MR) is 231 cm³/mol. The van der Waals surface area contributed by atoms with Crippen molar-refractivity contribution in [1.29, 1.82) is 0 Å². The number of allylic oxidation sites excluding steroid dienone is 2. The number of esters is 1. The fourth-order valence-electron chi connectivity index (χ4n) is 7.49. The molecular weight excluding hydrogens is 720 g/mol. The highest BCUT2D eigenvalue weighted by Crippen LogP contribution is 2.43. The van der Waals surface area contributed by atoms with Crippen molar-refractivity contribution in [2.45, 2.75) is 76.5 Å². The maximum atomic E-state index is 13.3. The molecule has 1 heterocycles. The molecule has 1 fully saturated rings. The molecule has 3 aromatic rings. The molecule has 0 aromatic heterocycles. The summed E-state index contributed by atoms with van der Waals surface area (Å²) in [4.78, 5) is 40.7. The minimum atomic E-state index is -0.438. The standard InChI is InChI=1S/C42H56N2O4P4/c1-5-30(9-6-8-29(3)45)40(41(47)48-4)35(31-11-18-37(51)38(52)26-31)17-19-39(46)43-22-7-23-44-24-20-42(21-25-44,32-12-15-33(49)16-13-32)36-27-34(50)14-10-28(36)2/h5,10-16,18,26-27,35H,1,6-9,17,19-25,49-52H2,2-4H3,(H,43,46)/b40-30+. The number of amides is 1. The summed E-state index contributed by atoms with van der Waals surface area (Å²) in [5.74, 6) is -0.745. The first-order valence-corrected chi connectivity index (χ1v) is 20.5. The molecule has 1 aliphatic rings. The quantitative estimate of drug-likeness (QED) is 0.0612. The molecule has 0 aliphatic carbocycles. The van der Waals surface area contributed by atoms with E-state index in [9.17, 15) is 14.4 Å². The first-order valence-electron chi connectivity index (χ1n) is 18.2. The number of nitrogens with one attached hydrogen (secondary N) is 1. The van der Waals surface area contributed by atoms with Crippen LogP contribution >= 0.6 is 37.0 Å². The van der Waals surface area contributed by atoms with Crippen molar-refractivity contribution >= 4 is 75.8 Å². The van der Waals surface area contributed by atoms with Crippen LogP contribution in [0.3, 0.4) is 0 Å². The van der Waals surface area contributed by atoms with Crippen molar-refractivity contribution < 1.29 is 19.1 Å². The molecule has 1 N–H and O–H groups in total. The van der Waals surface area contributed by atoms with Crippen molar-refractivity contribution in [3.63, 3.8) is 0 Å². The minimum Gasteiger partial charge on any atom is -0.466 e. The van der Waals surface area contributed by atoms with Gasteiger partial charge in [-0.15, -0.1) is 37.0 Å². The number of carbonyl (C=O) groups excluding carboxylic acids is 3. The number of aryl methyl sites for hydroxylation is 1. The van der Waals surface area contributed by atoms with Gasteiger partial charge in [-0.25, -0.2) is 4.79 Å².